The Morgan fingerprint density at radius 3 is 2.59 bits per heavy atom. The van der Waals surface area contributed by atoms with E-state index in [0.29, 0.717) is 11.5 Å². The lowest BCUT2D eigenvalue weighted by Gasteiger charge is -2.45. The molecule has 2 nitrogen and oxygen atoms in total. The van der Waals surface area contributed by atoms with Crippen LogP contribution in [-0.2, 0) is 0 Å². The smallest absolute Gasteiger partial charge is 0.130 e. The van der Waals surface area contributed by atoms with Crippen molar-refractivity contribution in [2.24, 2.45) is 5.92 Å². The van der Waals surface area contributed by atoms with Crippen molar-refractivity contribution in [2.45, 2.75) is 18.9 Å². The maximum Gasteiger partial charge on any atom is 0.130 e. The van der Waals surface area contributed by atoms with E-state index >= 15 is 0 Å². The lowest BCUT2D eigenvalue weighted by Crippen LogP contribution is -2.48. The van der Waals surface area contributed by atoms with Gasteiger partial charge in [-0.3, -0.25) is 0 Å². The molecular weight excluding hydrogens is 217 g/mol. The highest BCUT2D eigenvalue weighted by molar-refractivity contribution is 5.54. The Morgan fingerprint density at radius 1 is 1.24 bits per heavy atom. The molecule has 0 radical (unpaired) electrons. The van der Waals surface area contributed by atoms with Crippen molar-refractivity contribution >= 4 is 6.08 Å². The molecule has 3 aliphatic rings. The van der Waals surface area contributed by atoms with Crippen molar-refractivity contribution in [3.05, 3.63) is 41.3 Å². The van der Waals surface area contributed by atoms with Gasteiger partial charge < -0.3 is 10.0 Å². The van der Waals surface area contributed by atoms with Crippen molar-refractivity contribution in [3.63, 3.8) is 0 Å². The van der Waals surface area contributed by atoms with Gasteiger partial charge in [-0.05, 0) is 30.9 Å². The molecule has 0 saturated carbocycles. The van der Waals surface area contributed by atoms with Gasteiger partial charge in [-0.25, -0.2) is 4.39 Å². The Kier molecular flexibility index (Phi) is 2.63. The Bertz CT molecular complexity index is 445. The van der Waals surface area contributed by atoms with E-state index in [4.69, 9.17) is 0 Å². The maximum absolute atomic E-state index is 13.6. The lowest BCUT2D eigenvalue weighted by atomic mass is 9.83. The topological polar surface area (TPSA) is 23.5 Å². The van der Waals surface area contributed by atoms with Crippen molar-refractivity contribution in [3.8, 4) is 0 Å². The number of nitrogens with zero attached hydrogens (tertiary/aromatic N) is 1. The minimum absolute atomic E-state index is 0.227. The molecule has 0 aliphatic carbocycles. The van der Waals surface area contributed by atoms with Gasteiger partial charge in [0, 0.05) is 24.4 Å². The molecule has 4 rings (SSSR count). The molecular formula is C14H16FNO. The molecule has 2 bridgehead atoms. The number of piperidine rings is 3. The molecule has 90 valence electrons. The lowest BCUT2D eigenvalue weighted by molar-refractivity contribution is 0.0215. The molecule has 3 aliphatic heterocycles. The second kappa shape index (κ2) is 4.15. The molecule has 0 amide bonds. The SMILES string of the molecule is OC1/C(=C/c2ccccc2F)N2CCC1CC2. The summed E-state index contributed by atoms with van der Waals surface area (Å²) in [5.41, 5.74) is 1.45. The summed E-state index contributed by atoms with van der Waals surface area (Å²) in [6, 6.07) is 6.70. The molecule has 0 aromatic heterocycles. The zero-order valence-corrected chi connectivity index (χ0v) is 9.64. The second-order valence-corrected chi connectivity index (χ2v) is 4.86. The van der Waals surface area contributed by atoms with Gasteiger partial charge in [-0.2, -0.15) is 0 Å². The summed E-state index contributed by atoms with van der Waals surface area (Å²) in [4.78, 5) is 2.18. The number of benzene rings is 1. The average Bonchev–Trinajstić information content (AvgIpc) is 2.36. The third-order valence-electron chi connectivity index (χ3n) is 3.86. The molecule has 3 fully saturated rings. The number of hydrogen-bond acceptors (Lipinski definition) is 2. The van der Waals surface area contributed by atoms with Gasteiger partial charge in [0.1, 0.15) is 5.82 Å². The van der Waals surface area contributed by atoms with E-state index in [1.165, 1.54) is 6.07 Å². The first-order valence-electron chi connectivity index (χ1n) is 6.15. The van der Waals surface area contributed by atoms with Gasteiger partial charge in [0.15, 0.2) is 0 Å². The van der Waals surface area contributed by atoms with Crippen LogP contribution in [0.2, 0.25) is 0 Å². The molecule has 0 spiro atoms. The van der Waals surface area contributed by atoms with Gasteiger partial charge >= 0.3 is 0 Å². The third kappa shape index (κ3) is 1.84. The highest BCUT2D eigenvalue weighted by Gasteiger charge is 2.36. The van der Waals surface area contributed by atoms with Crippen LogP contribution in [0.25, 0.3) is 6.08 Å². The molecule has 17 heavy (non-hydrogen) atoms. The fourth-order valence-corrected chi connectivity index (χ4v) is 2.83. The zero-order valence-electron chi connectivity index (χ0n) is 9.64. The Morgan fingerprint density at radius 2 is 1.94 bits per heavy atom. The molecule has 3 heteroatoms. The van der Waals surface area contributed by atoms with Gasteiger partial charge in [0.05, 0.1) is 6.10 Å². The predicted molar refractivity (Wildman–Crippen MR) is 64.7 cm³/mol. The van der Waals surface area contributed by atoms with E-state index in [1.54, 1.807) is 18.2 Å². The fraction of sp³-hybridized carbons (Fsp3) is 0.429. The molecule has 1 N–H and O–H groups in total. The van der Waals surface area contributed by atoms with E-state index in [-0.39, 0.29) is 5.82 Å². The number of aliphatic hydroxyl groups is 1. The first kappa shape index (κ1) is 10.8. The largest absolute Gasteiger partial charge is 0.387 e. The van der Waals surface area contributed by atoms with Crippen molar-refractivity contribution in [2.75, 3.05) is 13.1 Å². The second-order valence-electron chi connectivity index (χ2n) is 4.86. The molecule has 1 aromatic rings. The Labute approximate surface area is 100 Å². The van der Waals surface area contributed by atoms with Gasteiger partial charge in [0.2, 0.25) is 0 Å². The third-order valence-corrected chi connectivity index (χ3v) is 3.86. The first-order valence-corrected chi connectivity index (χ1v) is 6.15. The highest BCUT2D eigenvalue weighted by Crippen LogP contribution is 2.35. The average molecular weight is 233 g/mol. The zero-order chi connectivity index (χ0) is 11.8. The minimum Gasteiger partial charge on any atom is -0.387 e. The van der Waals surface area contributed by atoms with Crippen LogP contribution in [0.4, 0.5) is 4.39 Å². The van der Waals surface area contributed by atoms with Crippen LogP contribution in [-0.4, -0.2) is 29.2 Å². The van der Waals surface area contributed by atoms with Crippen LogP contribution in [0.1, 0.15) is 18.4 Å². The van der Waals surface area contributed by atoms with Gasteiger partial charge in [-0.15, -0.1) is 0 Å². The van der Waals surface area contributed by atoms with E-state index in [9.17, 15) is 9.50 Å². The Hall–Kier alpha value is -1.35. The molecule has 1 aromatic carbocycles. The van der Waals surface area contributed by atoms with Crippen LogP contribution >= 0.6 is 0 Å². The summed E-state index contributed by atoms with van der Waals surface area (Å²) in [7, 11) is 0. The van der Waals surface area contributed by atoms with Crippen LogP contribution < -0.4 is 0 Å². The molecule has 3 saturated heterocycles. The van der Waals surface area contributed by atoms with Crippen LogP contribution in [0.3, 0.4) is 0 Å². The summed E-state index contributed by atoms with van der Waals surface area (Å²) in [5, 5.41) is 10.2. The number of hydrogen-bond donors (Lipinski definition) is 1. The number of rotatable bonds is 1. The quantitative estimate of drug-likeness (QED) is 0.804. The monoisotopic (exact) mass is 233 g/mol. The summed E-state index contributed by atoms with van der Waals surface area (Å²) in [6.07, 6.45) is 3.48. The van der Waals surface area contributed by atoms with Gasteiger partial charge in [0.25, 0.3) is 0 Å². The molecule has 1 unspecified atom stereocenters. The maximum atomic E-state index is 13.6. The fourth-order valence-electron chi connectivity index (χ4n) is 2.83. The predicted octanol–water partition coefficient (Wildman–Crippen LogP) is 2.25. The normalized spacial score (nSPS) is 30.0. The number of aliphatic hydroxyl groups excluding tert-OH is 1. The molecule has 3 heterocycles. The van der Waals surface area contributed by atoms with E-state index in [0.717, 1.165) is 31.6 Å². The standard InChI is InChI=1S/C14H16FNO/c15-12-4-2-1-3-11(12)9-13-14(17)10-5-7-16(13)8-6-10/h1-4,9-10,14,17H,5-8H2/b13-9-. The van der Waals surface area contributed by atoms with E-state index in [2.05, 4.69) is 4.90 Å². The summed E-state index contributed by atoms with van der Waals surface area (Å²) in [6.45, 7) is 1.98. The summed E-state index contributed by atoms with van der Waals surface area (Å²) >= 11 is 0. The highest BCUT2D eigenvalue weighted by atomic mass is 19.1. The van der Waals surface area contributed by atoms with Crippen molar-refractivity contribution in [1.82, 2.24) is 4.90 Å². The van der Waals surface area contributed by atoms with E-state index < -0.39 is 6.10 Å². The van der Waals surface area contributed by atoms with Crippen molar-refractivity contribution in [1.29, 1.82) is 0 Å². The molecule has 1 atom stereocenters. The number of halogens is 1. The first-order chi connectivity index (χ1) is 8.25. The van der Waals surface area contributed by atoms with Crippen LogP contribution in [0, 0.1) is 11.7 Å². The van der Waals surface area contributed by atoms with Crippen LogP contribution in [0.15, 0.2) is 30.0 Å². The van der Waals surface area contributed by atoms with Crippen molar-refractivity contribution < 1.29 is 9.50 Å². The van der Waals surface area contributed by atoms with Gasteiger partial charge in [-0.1, -0.05) is 18.2 Å². The minimum atomic E-state index is -0.419. The Balaban J connectivity index is 1.96. The van der Waals surface area contributed by atoms with E-state index in [1.807, 2.05) is 6.07 Å². The van der Waals surface area contributed by atoms with Crippen LogP contribution in [0.5, 0.6) is 0 Å². The summed E-state index contributed by atoms with van der Waals surface area (Å²) < 4.78 is 13.6. The summed E-state index contributed by atoms with van der Waals surface area (Å²) in [5.74, 6) is 0.132. The number of fused-ring (bicyclic) bond motifs is 3.